The molecule has 1 aromatic carbocycles. The molecule has 1 heterocycles. The number of hydrogen-bond acceptors (Lipinski definition) is 3. The zero-order chi connectivity index (χ0) is 14.8. The first-order valence-corrected chi connectivity index (χ1v) is 7.69. The summed E-state index contributed by atoms with van der Waals surface area (Å²) >= 11 is 0. The molecule has 2 fully saturated rings. The Morgan fingerprint density at radius 1 is 1.24 bits per heavy atom. The summed E-state index contributed by atoms with van der Waals surface area (Å²) in [5.74, 6) is -0.512. The van der Waals surface area contributed by atoms with E-state index in [0.717, 1.165) is 45.4 Å². The van der Waals surface area contributed by atoms with Gasteiger partial charge in [-0.25, -0.2) is 8.78 Å². The van der Waals surface area contributed by atoms with Gasteiger partial charge in [-0.2, -0.15) is 0 Å². The Morgan fingerprint density at radius 3 is 2.52 bits per heavy atom. The molecule has 1 atom stereocenters. The molecule has 0 radical (unpaired) electrons. The van der Waals surface area contributed by atoms with Crippen LogP contribution < -0.4 is 10.1 Å². The van der Waals surface area contributed by atoms with Crippen molar-refractivity contribution in [2.24, 2.45) is 5.92 Å². The zero-order valence-electron chi connectivity index (χ0n) is 12.4. The van der Waals surface area contributed by atoms with Gasteiger partial charge >= 0.3 is 0 Å². The van der Waals surface area contributed by atoms with Crippen molar-refractivity contribution < 1.29 is 13.5 Å². The van der Waals surface area contributed by atoms with Crippen molar-refractivity contribution in [2.75, 3.05) is 33.3 Å². The molecule has 5 heteroatoms. The fourth-order valence-corrected chi connectivity index (χ4v) is 3.41. The van der Waals surface area contributed by atoms with Crippen LogP contribution in [0.15, 0.2) is 12.1 Å². The van der Waals surface area contributed by atoms with Gasteiger partial charge in [-0.1, -0.05) is 6.42 Å². The van der Waals surface area contributed by atoms with Crippen molar-refractivity contribution in [3.05, 3.63) is 29.3 Å². The van der Waals surface area contributed by atoms with Gasteiger partial charge in [0, 0.05) is 37.8 Å². The average Bonchev–Trinajstić information content (AvgIpc) is 2.45. The van der Waals surface area contributed by atoms with Crippen molar-refractivity contribution in [2.45, 2.75) is 25.3 Å². The minimum atomic E-state index is -0.534. The van der Waals surface area contributed by atoms with E-state index in [9.17, 15) is 8.78 Å². The van der Waals surface area contributed by atoms with Crippen LogP contribution in [-0.2, 0) is 0 Å². The lowest BCUT2D eigenvalue weighted by Crippen LogP contribution is -2.48. The third-order valence-electron chi connectivity index (χ3n) is 4.75. The van der Waals surface area contributed by atoms with Crippen LogP contribution >= 0.6 is 0 Å². The Balaban J connectivity index is 1.99. The number of ether oxygens (including phenoxy) is 1. The molecule has 0 amide bonds. The highest BCUT2D eigenvalue weighted by atomic mass is 19.1. The third-order valence-corrected chi connectivity index (χ3v) is 4.75. The van der Waals surface area contributed by atoms with Gasteiger partial charge in [0.25, 0.3) is 0 Å². The molecule has 3 rings (SSSR count). The van der Waals surface area contributed by atoms with E-state index in [4.69, 9.17) is 4.74 Å². The van der Waals surface area contributed by atoms with Gasteiger partial charge in [-0.15, -0.1) is 0 Å². The standard InChI is InChI=1S/C16H22F2N2O/c1-21-13-6-5-12(17)14(15(13)18)16(11-3-2-4-11)20-9-7-19-8-10-20/h5-6,11,16,19H,2-4,7-10H2,1H3/t16-/m1/s1. The van der Waals surface area contributed by atoms with E-state index in [1.807, 2.05) is 0 Å². The molecule has 0 unspecified atom stereocenters. The normalized spacial score (nSPS) is 21.9. The van der Waals surface area contributed by atoms with Crippen molar-refractivity contribution in [1.29, 1.82) is 0 Å². The predicted octanol–water partition coefficient (Wildman–Crippen LogP) is 2.72. The predicted molar refractivity (Wildman–Crippen MR) is 77.4 cm³/mol. The largest absolute Gasteiger partial charge is 0.494 e. The minimum absolute atomic E-state index is 0.130. The molecule has 0 spiro atoms. The van der Waals surface area contributed by atoms with Crippen LogP contribution in [0.25, 0.3) is 0 Å². The summed E-state index contributed by atoms with van der Waals surface area (Å²) in [7, 11) is 1.42. The number of halogens is 2. The van der Waals surface area contributed by atoms with Crippen molar-refractivity contribution >= 4 is 0 Å². The Morgan fingerprint density at radius 2 is 1.95 bits per heavy atom. The number of nitrogens with zero attached hydrogens (tertiary/aromatic N) is 1. The maximum atomic E-state index is 14.7. The number of piperazine rings is 1. The highest BCUT2D eigenvalue weighted by Crippen LogP contribution is 2.44. The zero-order valence-corrected chi connectivity index (χ0v) is 12.4. The second kappa shape index (κ2) is 6.28. The molecule has 3 nitrogen and oxygen atoms in total. The monoisotopic (exact) mass is 296 g/mol. The fraction of sp³-hybridized carbons (Fsp3) is 0.625. The maximum absolute atomic E-state index is 14.7. The number of methoxy groups -OCH3 is 1. The molecule has 21 heavy (non-hydrogen) atoms. The molecule has 2 aliphatic rings. The number of benzene rings is 1. The molecule has 1 N–H and O–H groups in total. The van der Waals surface area contributed by atoms with Gasteiger partial charge in [0.1, 0.15) is 5.82 Å². The first-order chi connectivity index (χ1) is 10.2. The average molecular weight is 296 g/mol. The molecule has 1 saturated carbocycles. The van der Waals surface area contributed by atoms with Crippen LogP contribution in [0.5, 0.6) is 5.75 Å². The maximum Gasteiger partial charge on any atom is 0.172 e. The quantitative estimate of drug-likeness (QED) is 0.924. The summed E-state index contributed by atoms with van der Waals surface area (Å²) in [5.41, 5.74) is 0.195. The lowest BCUT2D eigenvalue weighted by atomic mass is 9.76. The summed E-state index contributed by atoms with van der Waals surface area (Å²) in [6.07, 6.45) is 3.25. The Bertz CT molecular complexity index is 499. The number of hydrogen-bond donors (Lipinski definition) is 1. The molecular weight excluding hydrogens is 274 g/mol. The second-order valence-corrected chi connectivity index (χ2v) is 5.90. The first-order valence-electron chi connectivity index (χ1n) is 7.69. The lowest BCUT2D eigenvalue weighted by Gasteiger charge is -2.43. The van der Waals surface area contributed by atoms with Gasteiger partial charge in [0.05, 0.1) is 7.11 Å². The molecule has 0 aromatic heterocycles. The topological polar surface area (TPSA) is 24.5 Å². The second-order valence-electron chi connectivity index (χ2n) is 5.90. The highest BCUT2D eigenvalue weighted by Gasteiger charge is 2.37. The lowest BCUT2D eigenvalue weighted by molar-refractivity contribution is 0.0780. The SMILES string of the molecule is COc1ccc(F)c([C@@H](C2CCC2)N2CCNCC2)c1F. The smallest absolute Gasteiger partial charge is 0.172 e. The van der Waals surface area contributed by atoms with Gasteiger partial charge in [0.2, 0.25) is 0 Å². The third kappa shape index (κ3) is 2.77. The minimum Gasteiger partial charge on any atom is -0.494 e. The van der Waals surface area contributed by atoms with E-state index in [1.54, 1.807) is 0 Å². The Hall–Kier alpha value is -1.20. The van der Waals surface area contributed by atoms with Crippen LogP contribution in [-0.4, -0.2) is 38.2 Å². The van der Waals surface area contributed by atoms with E-state index in [-0.39, 0.29) is 17.4 Å². The summed E-state index contributed by atoms with van der Waals surface area (Å²) in [4.78, 5) is 2.22. The molecule has 1 aromatic rings. The van der Waals surface area contributed by atoms with E-state index < -0.39 is 11.6 Å². The van der Waals surface area contributed by atoms with Crippen molar-refractivity contribution in [1.82, 2.24) is 10.2 Å². The van der Waals surface area contributed by atoms with Crippen molar-refractivity contribution in [3.63, 3.8) is 0 Å². The van der Waals surface area contributed by atoms with E-state index in [1.165, 1.54) is 19.2 Å². The molecule has 1 aliphatic heterocycles. The fourth-order valence-electron chi connectivity index (χ4n) is 3.41. The van der Waals surface area contributed by atoms with Crippen LogP contribution in [0.1, 0.15) is 30.9 Å². The molecule has 116 valence electrons. The van der Waals surface area contributed by atoms with E-state index in [0.29, 0.717) is 5.92 Å². The number of nitrogens with one attached hydrogen (secondary N) is 1. The molecule has 0 bridgehead atoms. The highest BCUT2D eigenvalue weighted by molar-refractivity contribution is 5.35. The van der Waals surface area contributed by atoms with Crippen LogP contribution in [0.2, 0.25) is 0 Å². The van der Waals surface area contributed by atoms with Crippen LogP contribution in [0, 0.1) is 17.6 Å². The van der Waals surface area contributed by atoms with Gasteiger partial charge in [-0.3, -0.25) is 4.90 Å². The molecule has 1 aliphatic carbocycles. The summed E-state index contributed by atoms with van der Waals surface area (Å²) in [6.45, 7) is 3.40. The van der Waals surface area contributed by atoms with E-state index in [2.05, 4.69) is 10.2 Å². The van der Waals surface area contributed by atoms with Gasteiger partial charge in [-0.05, 0) is 30.9 Å². The summed E-state index contributed by atoms with van der Waals surface area (Å²) in [5, 5.41) is 3.29. The Labute approximate surface area is 124 Å². The Kier molecular flexibility index (Phi) is 4.40. The van der Waals surface area contributed by atoms with Gasteiger partial charge in [0.15, 0.2) is 11.6 Å². The molecule has 1 saturated heterocycles. The molecular formula is C16H22F2N2O. The first kappa shape index (κ1) is 14.7. The summed E-state index contributed by atoms with van der Waals surface area (Å²) < 4.78 is 34.0. The van der Waals surface area contributed by atoms with E-state index >= 15 is 0 Å². The van der Waals surface area contributed by atoms with Crippen LogP contribution in [0.3, 0.4) is 0 Å². The van der Waals surface area contributed by atoms with Crippen molar-refractivity contribution in [3.8, 4) is 5.75 Å². The van der Waals surface area contributed by atoms with Crippen LogP contribution in [0.4, 0.5) is 8.78 Å². The summed E-state index contributed by atoms with van der Waals surface area (Å²) in [6, 6.07) is 2.52. The number of rotatable bonds is 4. The van der Waals surface area contributed by atoms with Gasteiger partial charge < -0.3 is 10.1 Å².